The van der Waals surface area contributed by atoms with Crippen LogP contribution in [0.2, 0.25) is 0 Å². The van der Waals surface area contributed by atoms with Gasteiger partial charge < -0.3 is 14.8 Å². The van der Waals surface area contributed by atoms with Crippen molar-refractivity contribution in [3.63, 3.8) is 0 Å². The lowest BCUT2D eigenvalue weighted by Gasteiger charge is -2.12. The Morgan fingerprint density at radius 1 is 0.811 bits per heavy atom. The molecular formula is C29H25N5O3. The Bertz CT molecular complexity index is 1550. The van der Waals surface area contributed by atoms with Crippen molar-refractivity contribution in [2.45, 2.75) is 20.8 Å². The molecule has 0 aliphatic heterocycles. The molecule has 0 radical (unpaired) electrons. The molecule has 8 heteroatoms. The smallest absolute Gasteiger partial charge is 0.259 e. The lowest BCUT2D eigenvalue weighted by atomic mass is 10.1. The van der Waals surface area contributed by atoms with Gasteiger partial charge in [0.1, 0.15) is 23.6 Å². The van der Waals surface area contributed by atoms with Crippen molar-refractivity contribution in [2.75, 3.05) is 5.32 Å². The average molecular weight is 492 g/mol. The van der Waals surface area contributed by atoms with E-state index in [4.69, 9.17) is 9.47 Å². The monoisotopic (exact) mass is 491 g/mol. The number of ether oxygens (including phenoxy) is 2. The summed E-state index contributed by atoms with van der Waals surface area (Å²) < 4.78 is 13.6. The molecule has 5 aromatic rings. The molecule has 0 bridgehead atoms. The fourth-order valence-electron chi connectivity index (χ4n) is 3.73. The van der Waals surface area contributed by atoms with E-state index in [0.717, 1.165) is 17.0 Å². The maximum Gasteiger partial charge on any atom is 0.259 e. The molecule has 1 amide bonds. The van der Waals surface area contributed by atoms with Crippen LogP contribution in [0.4, 0.5) is 5.69 Å². The highest BCUT2D eigenvalue weighted by molar-refractivity contribution is 6.06. The highest BCUT2D eigenvalue weighted by Gasteiger charge is 2.14. The van der Waals surface area contributed by atoms with Gasteiger partial charge in [-0.15, -0.1) is 0 Å². The number of carbonyl (C=O) groups is 1. The Labute approximate surface area is 214 Å². The van der Waals surface area contributed by atoms with Gasteiger partial charge in [0.25, 0.3) is 5.91 Å². The number of rotatable bonds is 7. The maximum atomic E-state index is 13.0. The van der Waals surface area contributed by atoms with Crippen molar-refractivity contribution in [3.05, 3.63) is 114 Å². The van der Waals surface area contributed by atoms with Gasteiger partial charge in [-0.2, -0.15) is 5.10 Å². The molecule has 0 aliphatic carbocycles. The van der Waals surface area contributed by atoms with E-state index in [1.54, 1.807) is 53.2 Å². The molecule has 2 aromatic heterocycles. The molecule has 37 heavy (non-hydrogen) atoms. The van der Waals surface area contributed by atoms with Gasteiger partial charge in [0.15, 0.2) is 5.82 Å². The zero-order valence-corrected chi connectivity index (χ0v) is 20.7. The van der Waals surface area contributed by atoms with E-state index in [1.807, 2.05) is 57.2 Å². The quantitative estimate of drug-likeness (QED) is 0.282. The SMILES string of the molecule is Cc1nn(-c2cc(Oc3ccc(NC(=O)c4ccccc4Oc4ccccc4)cc3)ncn2)c(C)c1C. The first-order chi connectivity index (χ1) is 18.0. The zero-order valence-electron chi connectivity index (χ0n) is 20.7. The number of carbonyl (C=O) groups excluding carboxylic acids is 1. The van der Waals surface area contributed by atoms with Crippen LogP contribution >= 0.6 is 0 Å². The van der Waals surface area contributed by atoms with Crippen LogP contribution in [-0.4, -0.2) is 25.7 Å². The molecule has 0 spiro atoms. The molecule has 0 atom stereocenters. The largest absolute Gasteiger partial charge is 0.457 e. The van der Waals surface area contributed by atoms with Gasteiger partial charge in [0, 0.05) is 17.4 Å². The number of para-hydroxylation sites is 2. The normalized spacial score (nSPS) is 10.7. The number of hydrogen-bond donors (Lipinski definition) is 1. The van der Waals surface area contributed by atoms with Gasteiger partial charge in [0.05, 0.1) is 11.3 Å². The third-order valence-corrected chi connectivity index (χ3v) is 5.93. The summed E-state index contributed by atoms with van der Waals surface area (Å²) in [6, 6.07) is 25.2. The van der Waals surface area contributed by atoms with E-state index in [1.165, 1.54) is 6.33 Å². The summed E-state index contributed by atoms with van der Waals surface area (Å²) >= 11 is 0. The number of anilines is 1. The molecule has 2 heterocycles. The van der Waals surface area contributed by atoms with Crippen molar-refractivity contribution in [1.82, 2.24) is 19.7 Å². The second kappa shape index (κ2) is 10.3. The first-order valence-corrected chi connectivity index (χ1v) is 11.7. The fraction of sp³-hybridized carbons (Fsp3) is 0.103. The first-order valence-electron chi connectivity index (χ1n) is 11.7. The predicted octanol–water partition coefficient (Wildman–Crippen LogP) is 6.42. The van der Waals surface area contributed by atoms with Crippen LogP contribution in [0, 0.1) is 20.8 Å². The molecule has 0 fully saturated rings. The second-order valence-corrected chi connectivity index (χ2v) is 8.41. The summed E-state index contributed by atoms with van der Waals surface area (Å²) in [6.45, 7) is 5.99. The summed E-state index contributed by atoms with van der Waals surface area (Å²) in [6.07, 6.45) is 1.44. The van der Waals surface area contributed by atoms with Crippen LogP contribution in [0.5, 0.6) is 23.1 Å². The van der Waals surface area contributed by atoms with E-state index in [9.17, 15) is 4.79 Å². The molecule has 0 aliphatic rings. The van der Waals surface area contributed by atoms with E-state index < -0.39 is 0 Å². The molecule has 0 saturated carbocycles. The Morgan fingerprint density at radius 2 is 1.51 bits per heavy atom. The van der Waals surface area contributed by atoms with Crippen LogP contribution in [-0.2, 0) is 0 Å². The number of aromatic nitrogens is 4. The van der Waals surface area contributed by atoms with Crippen LogP contribution in [0.1, 0.15) is 27.3 Å². The highest BCUT2D eigenvalue weighted by Crippen LogP contribution is 2.27. The molecule has 0 saturated heterocycles. The van der Waals surface area contributed by atoms with Gasteiger partial charge >= 0.3 is 0 Å². The van der Waals surface area contributed by atoms with Crippen LogP contribution in [0.3, 0.4) is 0 Å². The number of nitrogens with zero attached hydrogens (tertiary/aromatic N) is 4. The van der Waals surface area contributed by atoms with Gasteiger partial charge in [-0.05, 0) is 74.9 Å². The summed E-state index contributed by atoms with van der Waals surface area (Å²) in [4.78, 5) is 21.5. The molecule has 1 N–H and O–H groups in total. The Balaban J connectivity index is 1.27. The van der Waals surface area contributed by atoms with Gasteiger partial charge in [-0.25, -0.2) is 14.6 Å². The van der Waals surface area contributed by atoms with Gasteiger partial charge in [0.2, 0.25) is 5.88 Å². The first kappa shape index (κ1) is 23.7. The molecule has 0 unspecified atom stereocenters. The third-order valence-electron chi connectivity index (χ3n) is 5.93. The number of nitrogens with one attached hydrogen (secondary N) is 1. The molecule has 8 nitrogen and oxygen atoms in total. The lowest BCUT2D eigenvalue weighted by molar-refractivity contribution is 0.102. The van der Waals surface area contributed by atoms with Crippen molar-refractivity contribution in [3.8, 4) is 28.9 Å². The van der Waals surface area contributed by atoms with Crippen LogP contribution in [0.25, 0.3) is 5.82 Å². The minimum Gasteiger partial charge on any atom is -0.457 e. The van der Waals surface area contributed by atoms with Crippen molar-refractivity contribution >= 4 is 11.6 Å². The molecule has 184 valence electrons. The summed E-state index contributed by atoms with van der Waals surface area (Å²) in [5, 5.41) is 7.45. The van der Waals surface area contributed by atoms with Crippen molar-refractivity contribution in [2.24, 2.45) is 0 Å². The van der Waals surface area contributed by atoms with Crippen LogP contribution < -0.4 is 14.8 Å². The summed E-state index contributed by atoms with van der Waals surface area (Å²) in [5.74, 6) is 2.44. The minimum absolute atomic E-state index is 0.277. The third kappa shape index (κ3) is 5.33. The minimum atomic E-state index is -0.277. The highest BCUT2D eigenvalue weighted by atomic mass is 16.5. The zero-order chi connectivity index (χ0) is 25.8. The van der Waals surface area contributed by atoms with Crippen molar-refractivity contribution in [1.29, 1.82) is 0 Å². The summed E-state index contributed by atoms with van der Waals surface area (Å²) in [7, 11) is 0. The fourth-order valence-corrected chi connectivity index (χ4v) is 3.73. The molecular weight excluding hydrogens is 466 g/mol. The van der Waals surface area contributed by atoms with Gasteiger partial charge in [-0.1, -0.05) is 30.3 Å². The van der Waals surface area contributed by atoms with E-state index in [2.05, 4.69) is 20.4 Å². The number of hydrogen-bond acceptors (Lipinski definition) is 6. The van der Waals surface area contributed by atoms with Crippen molar-refractivity contribution < 1.29 is 14.3 Å². The molecule has 5 rings (SSSR count). The standard InChI is InChI=1S/C29H25N5O3/c1-19-20(2)33-34(21(19)3)27-17-28(31-18-30-27)37-24-15-13-22(14-16-24)32-29(35)25-11-7-8-12-26(25)36-23-9-5-4-6-10-23/h4-18H,1-3H3,(H,32,35). The number of benzene rings is 3. The maximum absolute atomic E-state index is 13.0. The summed E-state index contributed by atoms with van der Waals surface area (Å²) in [5.41, 5.74) is 4.13. The second-order valence-electron chi connectivity index (χ2n) is 8.41. The predicted molar refractivity (Wildman–Crippen MR) is 141 cm³/mol. The topological polar surface area (TPSA) is 91.2 Å². The average Bonchev–Trinajstić information content (AvgIpc) is 3.18. The number of aryl methyl sites for hydroxylation is 1. The Hall–Kier alpha value is -4.98. The van der Waals surface area contributed by atoms with Gasteiger partial charge in [-0.3, -0.25) is 4.79 Å². The molecule has 3 aromatic carbocycles. The number of amides is 1. The van der Waals surface area contributed by atoms with E-state index in [0.29, 0.717) is 40.2 Å². The Morgan fingerprint density at radius 3 is 2.24 bits per heavy atom. The lowest BCUT2D eigenvalue weighted by Crippen LogP contribution is -2.12. The van der Waals surface area contributed by atoms with E-state index in [-0.39, 0.29) is 5.91 Å². The Kier molecular flexibility index (Phi) is 6.63. The van der Waals surface area contributed by atoms with E-state index >= 15 is 0 Å². The van der Waals surface area contributed by atoms with Crippen LogP contribution in [0.15, 0.2) is 91.3 Å².